The number of hydrogen-bond donors (Lipinski definition) is 0. The minimum absolute atomic E-state index is 0.0567. The quantitative estimate of drug-likeness (QED) is 0.685. The molecule has 1 aliphatic rings. The summed E-state index contributed by atoms with van der Waals surface area (Å²) in [5.41, 5.74) is 2.63. The fourth-order valence-electron chi connectivity index (χ4n) is 3.60. The van der Waals surface area contributed by atoms with Gasteiger partial charge in [0.1, 0.15) is 5.75 Å². The number of methoxy groups -OCH3 is 1. The van der Waals surface area contributed by atoms with E-state index in [1.165, 1.54) is 0 Å². The van der Waals surface area contributed by atoms with Crippen LogP contribution < -0.4 is 4.74 Å². The Morgan fingerprint density at radius 3 is 2.71 bits per heavy atom. The van der Waals surface area contributed by atoms with Crippen LogP contribution in [0.1, 0.15) is 40.6 Å². The number of benzene rings is 2. The molecule has 6 heteroatoms. The summed E-state index contributed by atoms with van der Waals surface area (Å²) >= 11 is 0. The Morgan fingerprint density at radius 1 is 1.18 bits per heavy atom. The van der Waals surface area contributed by atoms with Crippen LogP contribution in [0.4, 0.5) is 0 Å². The molecule has 1 atom stereocenters. The van der Waals surface area contributed by atoms with Crippen LogP contribution in [0.25, 0.3) is 11.4 Å². The summed E-state index contributed by atoms with van der Waals surface area (Å²) in [5, 5.41) is 4.13. The van der Waals surface area contributed by atoms with Gasteiger partial charge in [0.15, 0.2) is 0 Å². The van der Waals surface area contributed by atoms with Gasteiger partial charge in [-0.05, 0) is 55.7 Å². The summed E-state index contributed by atoms with van der Waals surface area (Å²) in [4.78, 5) is 19.4. The van der Waals surface area contributed by atoms with Gasteiger partial charge < -0.3 is 14.2 Å². The molecule has 4 rings (SSSR count). The molecule has 1 saturated heterocycles. The first-order valence-corrected chi connectivity index (χ1v) is 9.48. The largest absolute Gasteiger partial charge is 0.497 e. The highest BCUT2D eigenvalue weighted by atomic mass is 16.5. The molecule has 0 unspecified atom stereocenters. The highest BCUT2D eigenvalue weighted by Gasteiger charge is 2.29. The number of hydrogen-bond acceptors (Lipinski definition) is 5. The molecule has 1 aromatic heterocycles. The molecule has 6 nitrogen and oxygen atoms in total. The first-order valence-electron chi connectivity index (χ1n) is 9.48. The second kappa shape index (κ2) is 7.84. The van der Waals surface area contributed by atoms with Gasteiger partial charge in [0.2, 0.25) is 11.7 Å². The van der Waals surface area contributed by atoms with Crippen molar-refractivity contribution in [1.82, 2.24) is 15.0 Å². The number of rotatable bonds is 4. The lowest BCUT2D eigenvalue weighted by molar-refractivity contribution is 0.0695. The third-order valence-electron chi connectivity index (χ3n) is 5.22. The number of aromatic nitrogens is 2. The first kappa shape index (κ1) is 18.2. The minimum Gasteiger partial charge on any atom is -0.497 e. The van der Waals surface area contributed by atoms with E-state index >= 15 is 0 Å². The van der Waals surface area contributed by atoms with Crippen molar-refractivity contribution in [3.05, 3.63) is 65.5 Å². The van der Waals surface area contributed by atoms with Gasteiger partial charge in [0.05, 0.1) is 13.0 Å². The summed E-state index contributed by atoms with van der Waals surface area (Å²) in [6.07, 6.45) is 1.85. The molecule has 28 heavy (non-hydrogen) atoms. The Hall–Kier alpha value is -3.15. The number of nitrogens with zero attached hydrogens (tertiary/aromatic N) is 3. The van der Waals surface area contributed by atoms with Gasteiger partial charge in [-0.2, -0.15) is 4.98 Å². The Labute approximate surface area is 164 Å². The molecule has 0 spiro atoms. The Balaban J connectivity index is 1.50. The molecule has 2 aromatic carbocycles. The molecule has 1 aliphatic heterocycles. The molecule has 0 N–H and O–H groups in total. The number of likely N-dealkylation sites (tertiary alicyclic amines) is 1. The molecule has 144 valence electrons. The SMILES string of the molecule is COc1ccc(-c2noc([C@@H]3CCCN(C(=O)c4ccccc4C)C3)n2)cc1. The van der Waals surface area contributed by atoms with E-state index in [1.54, 1.807) is 7.11 Å². The van der Waals surface area contributed by atoms with Crippen molar-refractivity contribution in [1.29, 1.82) is 0 Å². The van der Waals surface area contributed by atoms with Crippen molar-refractivity contribution in [2.75, 3.05) is 20.2 Å². The lowest BCUT2D eigenvalue weighted by Gasteiger charge is -2.31. The van der Waals surface area contributed by atoms with E-state index in [-0.39, 0.29) is 11.8 Å². The third kappa shape index (κ3) is 3.63. The maximum absolute atomic E-state index is 12.9. The molecule has 1 fully saturated rings. The fourth-order valence-corrected chi connectivity index (χ4v) is 3.60. The zero-order chi connectivity index (χ0) is 19.5. The van der Waals surface area contributed by atoms with Gasteiger partial charge in [0.25, 0.3) is 5.91 Å². The van der Waals surface area contributed by atoms with Gasteiger partial charge in [-0.3, -0.25) is 4.79 Å². The van der Waals surface area contributed by atoms with Crippen LogP contribution in [0.15, 0.2) is 53.1 Å². The summed E-state index contributed by atoms with van der Waals surface area (Å²) in [6.45, 7) is 3.31. The van der Waals surface area contributed by atoms with Crippen molar-refractivity contribution < 1.29 is 14.1 Å². The number of amides is 1. The second-order valence-corrected chi connectivity index (χ2v) is 7.09. The lowest BCUT2D eigenvalue weighted by atomic mass is 9.96. The summed E-state index contributed by atoms with van der Waals surface area (Å²) in [5.74, 6) is 2.05. The summed E-state index contributed by atoms with van der Waals surface area (Å²) in [6, 6.07) is 15.3. The monoisotopic (exact) mass is 377 g/mol. The van der Waals surface area contributed by atoms with Gasteiger partial charge >= 0.3 is 0 Å². The molecule has 1 amide bonds. The van der Waals surface area contributed by atoms with E-state index < -0.39 is 0 Å². The van der Waals surface area contributed by atoms with E-state index in [2.05, 4.69) is 10.1 Å². The number of aryl methyl sites for hydroxylation is 1. The van der Waals surface area contributed by atoms with Crippen molar-refractivity contribution in [3.63, 3.8) is 0 Å². The van der Waals surface area contributed by atoms with Crippen LogP contribution >= 0.6 is 0 Å². The molecular weight excluding hydrogens is 354 g/mol. The van der Waals surface area contributed by atoms with Crippen LogP contribution in [0.5, 0.6) is 5.75 Å². The average molecular weight is 377 g/mol. The third-order valence-corrected chi connectivity index (χ3v) is 5.22. The Bertz CT molecular complexity index is 965. The number of carbonyl (C=O) groups excluding carboxylic acids is 1. The second-order valence-electron chi connectivity index (χ2n) is 7.09. The molecule has 3 aromatic rings. The normalized spacial score (nSPS) is 16.8. The van der Waals surface area contributed by atoms with Gasteiger partial charge in [0, 0.05) is 24.2 Å². The van der Waals surface area contributed by atoms with E-state index in [0.717, 1.165) is 41.8 Å². The predicted octanol–water partition coefficient (Wildman–Crippen LogP) is 4.07. The average Bonchev–Trinajstić information content (AvgIpc) is 3.24. The highest BCUT2D eigenvalue weighted by Crippen LogP contribution is 2.29. The predicted molar refractivity (Wildman–Crippen MR) is 105 cm³/mol. The molecule has 0 aliphatic carbocycles. The summed E-state index contributed by atoms with van der Waals surface area (Å²) < 4.78 is 10.7. The topological polar surface area (TPSA) is 68.5 Å². The van der Waals surface area contributed by atoms with Crippen molar-refractivity contribution >= 4 is 5.91 Å². The smallest absolute Gasteiger partial charge is 0.254 e. The van der Waals surface area contributed by atoms with Crippen LogP contribution in [0, 0.1) is 6.92 Å². The number of piperidine rings is 1. The first-order chi connectivity index (χ1) is 13.7. The molecular formula is C22H23N3O3. The maximum Gasteiger partial charge on any atom is 0.254 e. The maximum atomic E-state index is 12.9. The van der Waals surface area contributed by atoms with Gasteiger partial charge in [-0.25, -0.2) is 0 Å². The standard InChI is InChI=1S/C22H23N3O3/c1-15-6-3-4-8-19(15)22(26)25-13-5-7-17(14-25)21-23-20(24-28-21)16-9-11-18(27-2)12-10-16/h3-4,6,8-12,17H,5,7,13-14H2,1-2H3/t17-/m1/s1. The van der Waals surface area contributed by atoms with Gasteiger partial charge in [-0.1, -0.05) is 23.4 Å². The van der Waals surface area contributed by atoms with E-state index in [0.29, 0.717) is 18.3 Å². The van der Waals surface area contributed by atoms with Crippen LogP contribution in [0.3, 0.4) is 0 Å². The summed E-state index contributed by atoms with van der Waals surface area (Å²) in [7, 11) is 1.63. The zero-order valence-corrected chi connectivity index (χ0v) is 16.1. The van der Waals surface area contributed by atoms with E-state index in [4.69, 9.17) is 9.26 Å². The van der Waals surface area contributed by atoms with Crippen LogP contribution in [-0.2, 0) is 0 Å². The lowest BCUT2D eigenvalue weighted by Crippen LogP contribution is -2.39. The zero-order valence-electron chi connectivity index (χ0n) is 16.1. The highest BCUT2D eigenvalue weighted by molar-refractivity contribution is 5.95. The van der Waals surface area contributed by atoms with Crippen LogP contribution in [-0.4, -0.2) is 41.1 Å². The van der Waals surface area contributed by atoms with Crippen molar-refractivity contribution in [2.45, 2.75) is 25.7 Å². The van der Waals surface area contributed by atoms with Crippen LogP contribution in [0.2, 0.25) is 0 Å². The Kier molecular flexibility index (Phi) is 5.10. The van der Waals surface area contributed by atoms with Crippen molar-refractivity contribution in [3.8, 4) is 17.1 Å². The molecule has 0 saturated carbocycles. The number of carbonyl (C=O) groups is 1. The van der Waals surface area contributed by atoms with E-state index in [1.807, 2.05) is 60.4 Å². The van der Waals surface area contributed by atoms with Gasteiger partial charge in [-0.15, -0.1) is 0 Å². The molecule has 0 radical (unpaired) electrons. The number of ether oxygens (including phenoxy) is 1. The minimum atomic E-state index is 0.0567. The Morgan fingerprint density at radius 2 is 1.96 bits per heavy atom. The molecule has 0 bridgehead atoms. The molecule has 2 heterocycles. The fraction of sp³-hybridized carbons (Fsp3) is 0.318. The van der Waals surface area contributed by atoms with E-state index in [9.17, 15) is 4.79 Å². The van der Waals surface area contributed by atoms with Crippen molar-refractivity contribution in [2.24, 2.45) is 0 Å².